The number of nitrogens with one attached hydrogen (secondary N) is 3. The summed E-state index contributed by atoms with van der Waals surface area (Å²) in [4.78, 5) is 12.2. The second-order valence-electron chi connectivity index (χ2n) is 4.62. The third-order valence-electron chi connectivity index (χ3n) is 3.15. The van der Waals surface area contributed by atoms with Crippen molar-refractivity contribution in [1.82, 2.24) is 15.5 Å². The molecule has 1 aliphatic rings. The molecule has 6 nitrogen and oxygen atoms in total. The standard InChI is InChI=1S/C12H20N4O2/c1-3-4-13-10-7-18-6-9(10)12(17)15-11-8(2)5-14-16-11/h5,9-10,13H,3-4,6-7H2,1-2H3,(H2,14,15,16,17). The molecule has 2 heterocycles. The van der Waals surface area contributed by atoms with Crippen LogP contribution in [0.2, 0.25) is 0 Å². The molecule has 100 valence electrons. The number of nitrogens with zero attached hydrogens (tertiary/aromatic N) is 1. The fourth-order valence-electron chi connectivity index (χ4n) is 2.03. The maximum atomic E-state index is 12.2. The van der Waals surface area contributed by atoms with Crippen LogP contribution in [-0.4, -0.2) is 41.9 Å². The normalized spacial score (nSPS) is 23.2. The van der Waals surface area contributed by atoms with E-state index < -0.39 is 0 Å². The fraction of sp³-hybridized carbons (Fsp3) is 0.667. The monoisotopic (exact) mass is 252 g/mol. The van der Waals surface area contributed by atoms with Gasteiger partial charge in [-0.25, -0.2) is 0 Å². The zero-order valence-electron chi connectivity index (χ0n) is 10.8. The smallest absolute Gasteiger partial charge is 0.232 e. The second-order valence-corrected chi connectivity index (χ2v) is 4.62. The molecule has 0 spiro atoms. The highest BCUT2D eigenvalue weighted by Crippen LogP contribution is 2.17. The molecule has 1 saturated heterocycles. The van der Waals surface area contributed by atoms with E-state index in [0.29, 0.717) is 19.0 Å². The van der Waals surface area contributed by atoms with Gasteiger partial charge in [-0.1, -0.05) is 6.92 Å². The maximum absolute atomic E-state index is 12.2. The van der Waals surface area contributed by atoms with Crippen molar-refractivity contribution in [2.45, 2.75) is 26.3 Å². The predicted molar refractivity (Wildman–Crippen MR) is 68.3 cm³/mol. The fourth-order valence-corrected chi connectivity index (χ4v) is 2.03. The molecule has 2 rings (SSSR count). The summed E-state index contributed by atoms with van der Waals surface area (Å²) >= 11 is 0. The van der Waals surface area contributed by atoms with Crippen LogP contribution in [0, 0.1) is 12.8 Å². The summed E-state index contributed by atoms with van der Waals surface area (Å²) < 4.78 is 5.39. The van der Waals surface area contributed by atoms with E-state index in [2.05, 4.69) is 27.8 Å². The van der Waals surface area contributed by atoms with Gasteiger partial charge < -0.3 is 15.4 Å². The number of H-pyrrole nitrogens is 1. The molecule has 1 aromatic heterocycles. The van der Waals surface area contributed by atoms with Gasteiger partial charge in [-0.05, 0) is 19.9 Å². The Kier molecular flexibility index (Phi) is 4.33. The molecular formula is C12H20N4O2. The second kappa shape index (κ2) is 5.97. The molecule has 0 aliphatic carbocycles. The Morgan fingerprint density at radius 3 is 3.11 bits per heavy atom. The van der Waals surface area contributed by atoms with Gasteiger partial charge in [0.15, 0.2) is 0 Å². The molecule has 0 radical (unpaired) electrons. The van der Waals surface area contributed by atoms with E-state index in [0.717, 1.165) is 18.5 Å². The van der Waals surface area contributed by atoms with Gasteiger partial charge in [0.25, 0.3) is 0 Å². The van der Waals surface area contributed by atoms with Gasteiger partial charge in [-0.2, -0.15) is 5.10 Å². The number of rotatable bonds is 5. The number of aryl methyl sites for hydroxylation is 1. The van der Waals surface area contributed by atoms with Gasteiger partial charge in [-0.3, -0.25) is 9.89 Å². The highest BCUT2D eigenvalue weighted by molar-refractivity contribution is 5.93. The lowest BCUT2D eigenvalue weighted by molar-refractivity contribution is -0.120. The highest BCUT2D eigenvalue weighted by Gasteiger charge is 2.33. The minimum Gasteiger partial charge on any atom is -0.379 e. The van der Waals surface area contributed by atoms with Crippen LogP contribution in [0.3, 0.4) is 0 Å². The highest BCUT2D eigenvalue weighted by atomic mass is 16.5. The molecule has 0 bridgehead atoms. The van der Waals surface area contributed by atoms with Crippen LogP contribution in [-0.2, 0) is 9.53 Å². The number of carbonyl (C=O) groups is 1. The molecule has 0 aromatic carbocycles. The summed E-state index contributed by atoms with van der Waals surface area (Å²) in [6.07, 6.45) is 2.73. The van der Waals surface area contributed by atoms with Gasteiger partial charge in [0.1, 0.15) is 5.82 Å². The van der Waals surface area contributed by atoms with Crippen molar-refractivity contribution in [3.8, 4) is 0 Å². The molecule has 3 N–H and O–H groups in total. The summed E-state index contributed by atoms with van der Waals surface area (Å²) in [5.74, 6) is 0.508. The molecule has 18 heavy (non-hydrogen) atoms. The number of carbonyl (C=O) groups excluding carboxylic acids is 1. The Bertz CT molecular complexity index is 405. The molecule has 1 aromatic rings. The molecular weight excluding hydrogens is 232 g/mol. The van der Waals surface area contributed by atoms with E-state index in [1.54, 1.807) is 6.20 Å². The Morgan fingerprint density at radius 1 is 1.61 bits per heavy atom. The minimum atomic E-state index is -0.140. The van der Waals surface area contributed by atoms with Crippen LogP contribution in [0.1, 0.15) is 18.9 Å². The molecule has 6 heteroatoms. The summed E-state index contributed by atoms with van der Waals surface area (Å²) in [7, 11) is 0. The zero-order chi connectivity index (χ0) is 13.0. The molecule has 1 aliphatic heterocycles. The Labute approximate surface area is 106 Å². The predicted octanol–water partition coefficient (Wildman–Crippen LogP) is 0.671. The average molecular weight is 252 g/mol. The van der Waals surface area contributed by atoms with Gasteiger partial charge in [0, 0.05) is 11.6 Å². The first-order valence-corrected chi connectivity index (χ1v) is 6.34. The van der Waals surface area contributed by atoms with Crippen molar-refractivity contribution < 1.29 is 9.53 Å². The van der Waals surface area contributed by atoms with Gasteiger partial charge in [0.2, 0.25) is 5.91 Å². The first kappa shape index (κ1) is 13.0. The van der Waals surface area contributed by atoms with Crippen molar-refractivity contribution in [1.29, 1.82) is 0 Å². The summed E-state index contributed by atoms with van der Waals surface area (Å²) in [5, 5.41) is 12.9. The van der Waals surface area contributed by atoms with Crippen LogP contribution in [0.5, 0.6) is 0 Å². The third kappa shape index (κ3) is 2.88. The van der Waals surface area contributed by atoms with Crippen molar-refractivity contribution in [2.24, 2.45) is 5.92 Å². The molecule has 0 saturated carbocycles. The van der Waals surface area contributed by atoms with E-state index in [-0.39, 0.29) is 17.9 Å². The topological polar surface area (TPSA) is 79.0 Å². The summed E-state index contributed by atoms with van der Waals surface area (Å²) in [6.45, 7) is 5.98. The number of hydrogen-bond acceptors (Lipinski definition) is 4. The number of anilines is 1. The Balaban J connectivity index is 1.93. The minimum absolute atomic E-state index is 0.0200. The van der Waals surface area contributed by atoms with E-state index >= 15 is 0 Å². The van der Waals surface area contributed by atoms with Crippen molar-refractivity contribution in [2.75, 3.05) is 25.1 Å². The number of aromatic amines is 1. The van der Waals surface area contributed by atoms with Crippen LogP contribution in [0.15, 0.2) is 6.20 Å². The van der Waals surface area contributed by atoms with Crippen LogP contribution >= 0.6 is 0 Å². The van der Waals surface area contributed by atoms with Crippen LogP contribution in [0.4, 0.5) is 5.82 Å². The van der Waals surface area contributed by atoms with E-state index in [1.807, 2.05) is 6.92 Å². The first-order chi connectivity index (χ1) is 8.72. The largest absolute Gasteiger partial charge is 0.379 e. The summed E-state index contributed by atoms with van der Waals surface area (Å²) in [5.41, 5.74) is 0.931. The number of amides is 1. The van der Waals surface area contributed by atoms with Crippen LogP contribution in [0.25, 0.3) is 0 Å². The van der Waals surface area contributed by atoms with E-state index in [9.17, 15) is 4.79 Å². The van der Waals surface area contributed by atoms with Crippen molar-refractivity contribution >= 4 is 11.7 Å². The van der Waals surface area contributed by atoms with Gasteiger partial charge >= 0.3 is 0 Å². The summed E-state index contributed by atoms with van der Waals surface area (Å²) in [6, 6.07) is 0.105. The Morgan fingerprint density at radius 2 is 2.44 bits per heavy atom. The maximum Gasteiger partial charge on any atom is 0.232 e. The van der Waals surface area contributed by atoms with Crippen molar-refractivity contribution in [3.05, 3.63) is 11.8 Å². The van der Waals surface area contributed by atoms with E-state index in [1.165, 1.54) is 0 Å². The molecule has 1 amide bonds. The lowest BCUT2D eigenvalue weighted by atomic mass is 10.0. The number of aromatic nitrogens is 2. The number of hydrogen-bond donors (Lipinski definition) is 3. The Hall–Kier alpha value is -1.40. The van der Waals surface area contributed by atoms with Crippen molar-refractivity contribution in [3.63, 3.8) is 0 Å². The zero-order valence-corrected chi connectivity index (χ0v) is 10.8. The third-order valence-corrected chi connectivity index (χ3v) is 3.15. The quantitative estimate of drug-likeness (QED) is 0.719. The first-order valence-electron chi connectivity index (χ1n) is 6.34. The molecule has 1 fully saturated rings. The van der Waals surface area contributed by atoms with Crippen LogP contribution < -0.4 is 10.6 Å². The van der Waals surface area contributed by atoms with Gasteiger partial charge in [-0.15, -0.1) is 0 Å². The van der Waals surface area contributed by atoms with E-state index in [4.69, 9.17) is 4.74 Å². The molecule has 2 unspecified atom stereocenters. The number of ether oxygens (including phenoxy) is 1. The lowest BCUT2D eigenvalue weighted by Gasteiger charge is -2.18. The molecule has 2 atom stereocenters. The SMILES string of the molecule is CCCNC1COCC1C(=O)Nc1[nH]ncc1C. The van der Waals surface area contributed by atoms with Gasteiger partial charge in [0.05, 0.1) is 25.3 Å². The lowest BCUT2D eigenvalue weighted by Crippen LogP contribution is -2.41. The average Bonchev–Trinajstić information content (AvgIpc) is 2.96.